The van der Waals surface area contributed by atoms with Crippen LogP contribution in [-0.2, 0) is 0 Å². The normalized spacial score (nSPS) is 23.3. The summed E-state index contributed by atoms with van der Waals surface area (Å²) in [6, 6.07) is 0. The van der Waals surface area contributed by atoms with Gasteiger partial charge in [0, 0.05) is 34.8 Å². The largest absolute Gasteiger partial charge is 0.332 e. The molecule has 0 saturated heterocycles. The van der Waals surface area contributed by atoms with Gasteiger partial charge in [0.05, 0.1) is 0 Å². The average Bonchev–Trinajstić information content (AvgIpc) is 2.84. The first-order valence-electron chi connectivity index (χ1n) is 11.0. The van der Waals surface area contributed by atoms with Gasteiger partial charge in [0.2, 0.25) is 0 Å². The Morgan fingerprint density at radius 3 is 1.28 bits per heavy atom. The lowest BCUT2D eigenvalue weighted by Crippen LogP contribution is -2.59. The van der Waals surface area contributed by atoms with Crippen LogP contribution < -0.4 is 4.98 Å². The molecule has 0 spiro atoms. The number of fused-ring (bicyclic) bond motifs is 3. The molecule has 2 heteroatoms. The van der Waals surface area contributed by atoms with Crippen LogP contribution in [0.25, 0.3) is 0 Å². The zero-order chi connectivity index (χ0) is 22.0. The van der Waals surface area contributed by atoms with Crippen molar-refractivity contribution in [1.82, 2.24) is 4.98 Å². The van der Waals surface area contributed by atoms with Gasteiger partial charge in [-0.3, -0.25) is 0 Å². The fraction of sp³-hybridized carbons (Fsp3) is 0.519. The van der Waals surface area contributed by atoms with Crippen molar-refractivity contribution < 1.29 is 0 Å². The Morgan fingerprint density at radius 1 is 0.586 bits per heavy atom. The predicted octanol–water partition coefficient (Wildman–Crippen LogP) is 7.09. The minimum atomic E-state index is -1.91. The van der Waals surface area contributed by atoms with Crippen LogP contribution in [0, 0.1) is 40.0 Å². The molecule has 0 aliphatic heterocycles. The summed E-state index contributed by atoms with van der Waals surface area (Å²) in [6.07, 6.45) is 14.3. The molecule has 0 unspecified atom stereocenters. The molecule has 3 rings (SSSR count). The molecule has 1 saturated carbocycles. The van der Waals surface area contributed by atoms with Crippen molar-refractivity contribution in [3.63, 3.8) is 0 Å². The Morgan fingerprint density at radius 2 is 0.966 bits per heavy atom. The third-order valence-corrected chi connectivity index (χ3v) is 9.08. The van der Waals surface area contributed by atoms with E-state index in [-0.39, 0.29) is 16.4 Å². The van der Waals surface area contributed by atoms with Crippen LogP contribution in [0.2, 0.25) is 13.1 Å². The molecule has 0 bridgehead atoms. The van der Waals surface area contributed by atoms with Gasteiger partial charge in [0.15, 0.2) is 0 Å². The molecule has 0 heterocycles. The molecule has 0 aromatic carbocycles. The van der Waals surface area contributed by atoms with Gasteiger partial charge in [0.1, 0.15) is 8.24 Å². The maximum Gasteiger partial charge on any atom is 0.128 e. The van der Waals surface area contributed by atoms with Gasteiger partial charge in [-0.1, -0.05) is 91.1 Å². The molecule has 157 valence electrons. The minimum absolute atomic E-state index is 0.0922. The number of hydrogen-bond donors (Lipinski definition) is 1. The molecular weight excluding hydrogens is 366 g/mol. The van der Waals surface area contributed by atoms with E-state index in [1.165, 1.54) is 34.8 Å². The van der Waals surface area contributed by atoms with Crippen molar-refractivity contribution in [2.45, 2.75) is 80.9 Å². The minimum Gasteiger partial charge on any atom is -0.332 e. The Labute approximate surface area is 181 Å². The van der Waals surface area contributed by atoms with Crippen LogP contribution in [0.4, 0.5) is 0 Å². The van der Waals surface area contributed by atoms with E-state index in [2.05, 4.69) is 117 Å². The number of hydrogen-bond acceptors (Lipinski definition) is 1. The molecule has 1 fully saturated rings. The average molecular weight is 407 g/mol. The molecule has 29 heavy (non-hydrogen) atoms. The fourth-order valence-electron chi connectivity index (χ4n) is 4.72. The van der Waals surface area contributed by atoms with Gasteiger partial charge in [-0.15, -0.1) is 0 Å². The quantitative estimate of drug-likeness (QED) is 0.483. The highest BCUT2D eigenvalue weighted by molar-refractivity contribution is 6.82. The van der Waals surface area contributed by atoms with E-state index >= 15 is 0 Å². The van der Waals surface area contributed by atoms with Gasteiger partial charge in [0.25, 0.3) is 0 Å². The highest BCUT2D eigenvalue weighted by atomic mass is 28.3. The first-order valence-corrected chi connectivity index (χ1v) is 14.0. The lowest BCUT2D eigenvalue weighted by Gasteiger charge is -2.42. The van der Waals surface area contributed by atoms with E-state index in [0.29, 0.717) is 0 Å². The second-order valence-corrected chi connectivity index (χ2v) is 16.4. The molecule has 0 aromatic heterocycles. The molecule has 0 aromatic rings. The highest BCUT2D eigenvalue weighted by Gasteiger charge is 2.57. The first-order chi connectivity index (χ1) is 13.0. The lowest BCUT2D eigenvalue weighted by atomic mass is 9.74. The van der Waals surface area contributed by atoms with Gasteiger partial charge < -0.3 is 4.98 Å². The summed E-state index contributed by atoms with van der Waals surface area (Å²) in [6.45, 7) is 25.7. The van der Waals surface area contributed by atoms with Crippen LogP contribution in [0.3, 0.4) is 0 Å². The van der Waals surface area contributed by atoms with Crippen molar-refractivity contribution >= 4 is 8.24 Å². The summed E-state index contributed by atoms with van der Waals surface area (Å²) < 4.78 is 0. The number of rotatable bonds is 2. The zero-order valence-electron chi connectivity index (χ0n) is 20.5. The molecule has 3 aliphatic carbocycles. The van der Waals surface area contributed by atoms with Gasteiger partial charge in [-0.2, -0.15) is 0 Å². The molecule has 1 nitrogen and oxygen atoms in total. The van der Waals surface area contributed by atoms with E-state index in [1.54, 1.807) is 5.54 Å². The smallest absolute Gasteiger partial charge is 0.128 e. The van der Waals surface area contributed by atoms with Crippen molar-refractivity contribution in [2.75, 3.05) is 0 Å². The maximum absolute atomic E-state index is 4.04. The van der Waals surface area contributed by atoms with Crippen molar-refractivity contribution in [3.05, 3.63) is 76.8 Å². The van der Waals surface area contributed by atoms with Crippen molar-refractivity contribution in [3.8, 4) is 0 Å². The molecule has 0 amide bonds. The van der Waals surface area contributed by atoms with Crippen LogP contribution in [0.1, 0.15) is 62.3 Å². The van der Waals surface area contributed by atoms with Gasteiger partial charge >= 0.3 is 0 Å². The first kappa shape index (κ1) is 22.8. The third kappa shape index (κ3) is 4.59. The fourth-order valence-corrected chi connectivity index (χ4v) is 8.48. The van der Waals surface area contributed by atoms with E-state index in [1.807, 2.05) is 0 Å². The Kier molecular flexibility index (Phi) is 5.58. The lowest BCUT2D eigenvalue weighted by molar-refractivity contribution is 0.509. The summed E-state index contributed by atoms with van der Waals surface area (Å²) in [7, 11) is -1.91. The second kappa shape index (κ2) is 7.09. The standard InChI is InChI=1S/C27H40NSi/c1-25(2,3)18-12-14-20-21-15-13-19(26(4,5)6)17-23(21)24(22(20)16-18)29(10,11)28-27(7,8)9/h12-17,28H,1-11H3. The number of nitrogens with one attached hydrogen (secondary N) is 1. The molecule has 5 radical (unpaired) electrons. The predicted molar refractivity (Wildman–Crippen MR) is 130 cm³/mol. The zero-order valence-corrected chi connectivity index (χ0v) is 21.5. The number of allylic oxidation sites excluding steroid dienone is 8. The maximum atomic E-state index is 4.04. The van der Waals surface area contributed by atoms with Crippen molar-refractivity contribution in [1.29, 1.82) is 0 Å². The summed E-state index contributed by atoms with van der Waals surface area (Å²) in [5, 5.41) is 0. The van der Waals surface area contributed by atoms with E-state index in [9.17, 15) is 0 Å². The molecule has 3 aliphatic rings. The van der Waals surface area contributed by atoms with Crippen LogP contribution in [0.5, 0.6) is 0 Å². The second-order valence-electron chi connectivity index (χ2n) is 12.4. The highest BCUT2D eigenvalue weighted by Crippen LogP contribution is 2.62. The Hall–Kier alpha value is -0.863. The van der Waals surface area contributed by atoms with E-state index in [0.717, 1.165) is 0 Å². The van der Waals surface area contributed by atoms with E-state index < -0.39 is 8.24 Å². The van der Waals surface area contributed by atoms with Gasteiger partial charge in [-0.05, 0) is 42.7 Å². The third-order valence-electron chi connectivity index (χ3n) is 5.91. The summed E-state index contributed by atoms with van der Waals surface area (Å²) in [4.78, 5) is 4.04. The van der Waals surface area contributed by atoms with Crippen LogP contribution >= 0.6 is 0 Å². The molecule has 1 N–H and O–H groups in total. The van der Waals surface area contributed by atoms with Crippen molar-refractivity contribution in [2.24, 2.45) is 10.8 Å². The summed E-state index contributed by atoms with van der Waals surface area (Å²) in [5.74, 6) is 5.71. The SMILES string of the molecule is CC(C)(C)N[Si](C)(C)[C]1[C]2C=C(C(C)(C)C)C=C[C]2[C]2C=CC(C(C)(C)C)=C[C]21. The Balaban J connectivity index is 2.10. The summed E-state index contributed by atoms with van der Waals surface area (Å²) >= 11 is 0. The molecule has 0 atom stereocenters. The summed E-state index contributed by atoms with van der Waals surface area (Å²) in [5.41, 5.74) is 4.78. The topological polar surface area (TPSA) is 12.0 Å². The monoisotopic (exact) mass is 406 g/mol. The van der Waals surface area contributed by atoms with Crippen LogP contribution in [-0.4, -0.2) is 13.8 Å². The van der Waals surface area contributed by atoms with E-state index in [4.69, 9.17) is 0 Å². The Bertz CT molecular complexity index is 706. The van der Waals surface area contributed by atoms with Gasteiger partial charge in [-0.25, -0.2) is 0 Å². The molecular formula is C27H40NSi. The van der Waals surface area contributed by atoms with Crippen LogP contribution in [0.15, 0.2) is 47.6 Å².